The van der Waals surface area contributed by atoms with E-state index in [1.54, 1.807) is 20.8 Å². The van der Waals surface area contributed by atoms with E-state index >= 15 is 0 Å². The Morgan fingerprint density at radius 2 is 1.04 bits per heavy atom. The summed E-state index contributed by atoms with van der Waals surface area (Å²) in [6.45, 7) is 22.8. The van der Waals surface area contributed by atoms with Crippen molar-refractivity contribution in [2.24, 2.45) is 0 Å². The van der Waals surface area contributed by atoms with Crippen LogP contribution < -0.4 is 0 Å². The first-order chi connectivity index (χ1) is 10.7. The second-order valence-corrected chi connectivity index (χ2v) is 8.84. The highest BCUT2D eigenvalue weighted by atomic mass is 19.4. The maximum atomic E-state index is 11.5. The minimum atomic E-state index is -4.22. The summed E-state index contributed by atoms with van der Waals surface area (Å²) in [5, 5.41) is 0. The first kappa shape index (κ1) is 29.4. The number of hydrogen-bond acceptors (Lipinski definition) is 3. The molecular formula is C19H41F3O3. The van der Waals surface area contributed by atoms with Crippen LogP contribution in [-0.4, -0.2) is 42.3 Å². The smallest absolute Gasteiger partial charge is 0.376 e. The Kier molecular flexibility index (Phi) is 14.3. The zero-order valence-corrected chi connectivity index (χ0v) is 18.4. The van der Waals surface area contributed by atoms with E-state index < -0.39 is 18.4 Å². The van der Waals surface area contributed by atoms with Crippen molar-refractivity contribution >= 4 is 0 Å². The van der Waals surface area contributed by atoms with Gasteiger partial charge in [0.05, 0.1) is 22.9 Å². The quantitative estimate of drug-likeness (QED) is 0.572. The van der Waals surface area contributed by atoms with Crippen molar-refractivity contribution in [3.8, 4) is 0 Å². The maximum Gasteiger partial charge on any atom is 0.411 e. The van der Waals surface area contributed by atoms with E-state index in [9.17, 15) is 13.2 Å². The van der Waals surface area contributed by atoms with E-state index in [0.29, 0.717) is 6.10 Å². The minimum Gasteiger partial charge on any atom is -0.376 e. The molecule has 0 aliphatic rings. The number of hydrogen-bond donors (Lipinski definition) is 0. The monoisotopic (exact) mass is 374 g/mol. The van der Waals surface area contributed by atoms with Crippen molar-refractivity contribution in [3.63, 3.8) is 0 Å². The molecule has 0 unspecified atom stereocenters. The van der Waals surface area contributed by atoms with E-state index in [0.717, 1.165) is 6.61 Å². The standard InChI is InChI=1S/C7H16O.C6H11F3O.C6H14O/c1-6(2)8-7(3,4)5;1-5(2,3)10-4-6(7,8)9;1-5-7-6(2,3)4/h6H,1-5H3;4H2,1-3H3;5H2,1-4H3. The van der Waals surface area contributed by atoms with E-state index in [-0.39, 0.29) is 11.2 Å². The molecule has 0 spiro atoms. The molecule has 6 heteroatoms. The molecule has 156 valence electrons. The second-order valence-electron chi connectivity index (χ2n) is 8.84. The van der Waals surface area contributed by atoms with Crippen LogP contribution in [0.25, 0.3) is 0 Å². The highest BCUT2D eigenvalue weighted by molar-refractivity contribution is 4.61. The Morgan fingerprint density at radius 1 is 0.680 bits per heavy atom. The molecule has 0 aliphatic heterocycles. The summed E-state index contributed by atoms with van der Waals surface area (Å²) in [6, 6.07) is 0. The molecule has 0 aromatic rings. The third-order valence-corrected chi connectivity index (χ3v) is 1.84. The molecule has 0 amide bonds. The molecule has 0 atom stereocenters. The van der Waals surface area contributed by atoms with Gasteiger partial charge in [0.1, 0.15) is 6.61 Å². The summed E-state index contributed by atoms with van der Waals surface area (Å²) in [5.41, 5.74) is -0.640. The van der Waals surface area contributed by atoms with Crippen LogP contribution in [0.3, 0.4) is 0 Å². The largest absolute Gasteiger partial charge is 0.411 e. The highest BCUT2D eigenvalue weighted by Crippen LogP contribution is 2.18. The summed E-state index contributed by atoms with van der Waals surface area (Å²) < 4.78 is 49.5. The van der Waals surface area contributed by atoms with E-state index in [1.165, 1.54) is 0 Å². The zero-order chi connectivity index (χ0) is 21.1. The summed E-state index contributed by atoms with van der Waals surface area (Å²) in [7, 11) is 0. The third-order valence-electron chi connectivity index (χ3n) is 1.84. The Bertz CT molecular complexity index is 292. The lowest BCUT2D eigenvalue weighted by Crippen LogP contribution is -2.27. The Hall–Kier alpha value is -0.330. The van der Waals surface area contributed by atoms with Gasteiger partial charge in [0.25, 0.3) is 0 Å². The predicted octanol–water partition coefficient (Wildman–Crippen LogP) is 6.40. The van der Waals surface area contributed by atoms with Crippen LogP contribution in [-0.2, 0) is 14.2 Å². The maximum absolute atomic E-state index is 11.5. The molecule has 0 heterocycles. The Morgan fingerprint density at radius 3 is 1.08 bits per heavy atom. The van der Waals surface area contributed by atoms with Crippen molar-refractivity contribution in [1.29, 1.82) is 0 Å². The first-order valence-electron chi connectivity index (χ1n) is 8.71. The Balaban J connectivity index is -0.000000296. The number of alkyl halides is 3. The van der Waals surface area contributed by atoms with Gasteiger partial charge in [0.15, 0.2) is 0 Å². The average Bonchev–Trinajstić information content (AvgIpc) is 2.20. The van der Waals surface area contributed by atoms with Crippen LogP contribution in [0, 0.1) is 0 Å². The SMILES string of the molecule is CC(C)(C)OCC(F)(F)F.CC(C)OC(C)(C)C.CCOC(C)(C)C. The summed E-state index contributed by atoms with van der Waals surface area (Å²) in [5.74, 6) is 0. The van der Waals surface area contributed by atoms with Gasteiger partial charge in [0, 0.05) is 6.61 Å². The molecule has 0 aliphatic carbocycles. The van der Waals surface area contributed by atoms with Crippen molar-refractivity contribution in [1.82, 2.24) is 0 Å². The molecule has 0 aromatic carbocycles. The van der Waals surface area contributed by atoms with Crippen molar-refractivity contribution in [2.75, 3.05) is 13.2 Å². The van der Waals surface area contributed by atoms with Crippen LogP contribution in [0.1, 0.15) is 83.1 Å². The number of ether oxygens (including phenoxy) is 3. The molecule has 0 aromatic heterocycles. The molecule has 0 saturated carbocycles. The van der Waals surface area contributed by atoms with Crippen LogP contribution in [0.15, 0.2) is 0 Å². The van der Waals surface area contributed by atoms with E-state index in [4.69, 9.17) is 9.47 Å². The first-order valence-corrected chi connectivity index (χ1v) is 8.71. The summed E-state index contributed by atoms with van der Waals surface area (Å²) >= 11 is 0. The molecule has 25 heavy (non-hydrogen) atoms. The van der Waals surface area contributed by atoms with Crippen LogP contribution >= 0.6 is 0 Å². The molecule has 0 fully saturated rings. The highest BCUT2D eigenvalue weighted by Gasteiger charge is 2.29. The number of halogens is 3. The summed E-state index contributed by atoms with van der Waals surface area (Å²) in [4.78, 5) is 0. The van der Waals surface area contributed by atoms with Crippen LogP contribution in [0.2, 0.25) is 0 Å². The topological polar surface area (TPSA) is 27.7 Å². The molecule has 3 nitrogen and oxygen atoms in total. The number of rotatable bonds is 3. The fourth-order valence-corrected chi connectivity index (χ4v) is 1.44. The van der Waals surface area contributed by atoms with Gasteiger partial charge >= 0.3 is 6.18 Å². The van der Waals surface area contributed by atoms with Crippen LogP contribution in [0.4, 0.5) is 13.2 Å². The molecule has 0 bridgehead atoms. The van der Waals surface area contributed by atoms with Gasteiger partial charge in [-0.15, -0.1) is 0 Å². The van der Waals surface area contributed by atoms with Gasteiger partial charge in [-0.2, -0.15) is 13.2 Å². The molecule has 0 radical (unpaired) electrons. The minimum absolute atomic E-state index is 0.0220. The summed E-state index contributed by atoms with van der Waals surface area (Å²) in [6.07, 6.45) is -3.87. The van der Waals surface area contributed by atoms with Crippen molar-refractivity contribution < 1.29 is 27.4 Å². The van der Waals surface area contributed by atoms with Gasteiger partial charge < -0.3 is 14.2 Å². The Labute approximate surface area is 153 Å². The lowest BCUT2D eigenvalue weighted by atomic mass is 10.2. The van der Waals surface area contributed by atoms with Crippen molar-refractivity contribution in [3.05, 3.63) is 0 Å². The average molecular weight is 375 g/mol. The van der Waals surface area contributed by atoms with Gasteiger partial charge in [-0.25, -0.2) is 0 Å². The molecule has 0 rings (SSSR count). The molecule has 0 N–H and O–H groups in total. The zero-order valence-electron chi connectivity index (χ0n) is 18.4. The predicted molar refractivity (Wildman–Crippen MR) is 99.1 cm³/mol. The second kappa shape index (κ2) is 12.1. The van der Waals surface area contributed by atoms with Gasteiger partial charge in [0.2, 0.25) is 0 Å². The van der Waals surface area contributed by atoms with Gasteiger partial charge in [-0.3, -0.25) is 0 Å². The van der Waals surface area contributed by atoms with Crippen LogP contribution in [0.5, 0.6) is 0 Å². The van der Waals surface area contributed by atoms with Crippen molar-refractivity contribution in [2.45, 2.75) is 112 Å². The fraction of sp³-hybridized carbons (Fsp3) is 1.00. The third kappa shape index (κ3) is 45.3. The fourth-order valence-electron chi connectivity index (χ4n) is 1.44. The van der Waals surface area contributed by atoms with Gasteiger partial charge in [-0.1, -0.05) is 0 Å². The van der Waals surface area contributed by atoms with Gasteiger partial charge in [-0.05, 0) is 83.1 Å². The van der Waals surface area contributed by atoms with E-state index in [1.807, 2.05) is 20.8 Å². The lowest BCUT2D eigenvalue weighted by Gasteiger charge is -2.22. The van der Waals surface area contributed by atoms with E-state index in [2.05, 4.69) is 46.3 Å². The lowest BCUT2D eigenvalue weighted by molar-refractivity contribution is -0.196. The molecule has 0 saturated heterocycles. The molecular weight excluding hydrogens is 333 g/mol. The normalized spacial score (nSPS) is 13.0.